The molecule has 4 rings (SSSR count). The molecule has 0 saturated carbocycles. The summed E-state index contributed by atoms with van der Waals surface area (Å²) in [6, 6.07) is 9.32. The van der Waals surface area contributed by atoms with Gasteiger partial charge in [0.1, 0.15) is 11.6 Å². The Kier molecular flexibility index (Phi) is 4.72. The molecule has 2 aliphatic rings. The number of ether oxygens (including phenoxy) is 1. The van der Waals surface area contributed by atoms with Gasteiger partial charge in [0.15, 0.2) is 0 Å². The Morgan fingerprint density at radius 1 is 1.38 bits per heavy atom. The number of nitriles is 1. The van der Waals surface area contributed by atoms with Crippen molar-refractivity contribution < 1.29 is 13.2 Å². The van der Waals surface area contributed by atoms with Crippen LogP contribution < -0.4 is 19.5 Å². The van der Waals surface area contributed by atoms with Gasteiger partial charge < -0.3 is 10.5 Å². The maximum atomic E-state index is 12.3. The minimum absolute atomic E-state index is 0.0616. The Morgan fingerprint density at radius 2 is 2.10 bits per heavy atom. The number of nitrogens with one attached hydrogen (secondary N) is 1. The van der Waals surface area contributed by atoms with Gasteiger partial charge in [0.25, 0.3) is 0 Å². The van der Waals surface area contributed by atoms with Crippen LogP contribution in [0.3, 0.4) is 0 Å². The third-order valence-corrected chi connectivity index (χ3v) is 6.76. The minimum atomic E-state index is -3.53. The fourth-order valence-electron chi connectivity index (χ4n) is 3.85. The number of aryl methyl sites for hydroxylation is 2. The molecule has 2 aromatic rings. The average molecular weight is 414 g/mol. The first-order valence-corrected chi connectivity index (χ1v) is 10.8. The van der Waals surface area contributed by atoms with Crippen molar-refractivity contribution in [1.82, 2.24) is 14.5 Å². The molecular weight excluding hydrogens is 392 g/mol. The molecule has 0 bridgehead atoms. The summed E-state index contributed by atoms with van der Waals surface area (Å²) in [4.78, 5) is 0. The SMILES string of the molecule is CCn1nc(C)c2c1OC(N)=C(C#N)C2c1ccc(N2CCCNS2(=O)=O)cc1. The Hall–Kier alpha value is -3.03. The quantitative estimate of drug-likeness (QED) is 0.783. The molecular formula is C19H22N6O3S. The second-order valence-electron chi connectivity index (χ2n) is 6.96. The molecule has 0 aliphatic carbocycles. The topological polar surface area (TPSA) is 126 Å². The zero-order valence-corrected chi connectivity index (χ0v) is 17.0. The molecule has 1 atom stereocenters. The van der Waals surface area contributed by atoms with Crippen LogP contribution in [-0.4, -0.2) is 31.3 Å². The lowest BCUT2D eigenvalue weighted by Gasteiger charge is -2.29. The molecule has 0 spiro atoms. The standard InChI is InChI=1S/C19H22N6O3S/c1-3-24-19-16(12(2)23-24)17(15(11-20)18(21)28-19)13-5-7-14(8-6-13)25-10-4-9-22-29(25,26)27/h5-8,17,22H,3-4,9-10,21H2,1-2H3. The molecule has 3 heterocycles. The van der Waals surface area contributed by atoms with Crippen molar-refractivity contribution in [3.63, 3.8) is 0 Å². The van der Waals surface area contributed by atoms with Gasteiger partial charge in [0.05, 0.1) is 22.9 Å². The van der Waals surface area contributed by atoms with E-state index in [0.717, 1.165) is 23.2 Å². The highest BCUT2D eigenvalue weighted by molar-refractivity contribution is 7.90. The first kappa shape index (κ1) is 19.3. The number of anilines is 1. The van der Waals surface area contributed by atoms with E-state index < -0.39 is 16.1 Å². The summed E-state index contributed by atoms with van der Waals surface area (Å²) in [6.45, 7) is 5.30. The van der Waals surface area contributed by atoms with Crippen molar-refractivity contribution in [2.75, 3.05) is 17.4 Å². The predicted octanol–water partition coefficient (Wildman–Crippen LogP) is 1.47. The number of fused-ring (bicyclic) bond motifs is 1. The summed E-state index contributed by atoms with van der Waals surface area (Å²) in [5.41, 5.74) is 9.32. The number of benzene rings is 1. The first-order chi connectivity index (χ1) is 13.9. The van der Waals surface area contributed by atoms with Crippen LogP contribution in [0.4, 0.5) is 5.69 Å². The highest BCUT2D eigenvalue weighted by atomic mass is 32.2. The van der Waals surface area contributed by atoms with Crippen LogP contribution in [0.25, 0.3) is 0 Å². The molecule has 3 N–H and O–H groups in total. The summed E-state index contributed by atoms with van der Waals surface area (Å²) in [6.07, 6.45) is 0.734. The molecule has 1 saturated heterocycles. The van der Waals surface area contributed by atoms with E-state index in [4.69, 9.17) is 10.5 Å². The number of rotatable bonds is 3. The van der Waals surface area contributed by atoms with Crippen LogP contribution >= 0.6 is 0 Å². The van der Waals surface area contributed by atoms with Crippen LogP contribution in [0.2, 0.25) is 0 Å². The molecule has 9 nitrogen and oxygen atoms in total. The third-order valence-electron chi connectivity index (χ3n) is 5.22. The fraction of sp³-hybridized carbons (Fsp3) is 0.368. The molecule has 29 heavy (non-hydrogen) atoms. The predicted molar refractivity (Wildman–Crippen MR) is 107 cm³/mol. The van der Waals surface area contributed by atoms with Gasteiger partial charge in [0, 0.05) is 19.6 Å². The third kappa shape index (κ3) is 3.12. The molecule has 1 unspecified atom stereocenters. The van der Waals surface area contributed by atoms with E-state index in [9.17, 15) is 13.7 Å². The molecule has 152 valence electrons. The van der Waals surface area contributed by atoms with Crippen LogP contribution in [0.5, 0.6) is 5.88 Å². The van der Waals surface area contributed by atoms with E-state index in [0.29, 0.717) is 36.8 Å². The summed E-state index contributed by atoms with van der Waals surface area (Å²) in [5, 5.41) is 14.2. The van der Waals surface area contributed by atoms with E-state index in [-0.39, 0.29) is 5.88 Å². The van der Waals surface area contributed by atoms with Crippen molar-refractivity contribution in [3.8, 4) is 11.9 Å². The highest BCUT2D eigenvalue weighted by Crippen LogP contribution is 2.44. The zero-order chi connectivity index (χ0) is 20.8. The van der Waals surface area contributed by atoms with Crippen LogP contribution in [0, 0.1) is 18.3 Å². The number of nitrogens with two attached hydrogens (primary N) is 1. The van der Waals surface area contributed by atoms with Gasteiger partial charge in [-0.1, -0.05) is 12.1 Å². The van der Waals surface area contributed by atoms with Gasteiger partial charge in [-0.25, -0.2) is 4.68 Å². The zero-order valence-electron chi connectivity index (χ0n) is 16.2. The van der Waals surface area contributed by atoms with Crippen LogP contribution in [0.15, 0.2) is 35.7 Å². The number of allylic oxidation sites excluding steroid dienone is 1. The lowest BCUT2D eigenvalue weighted by molar-refractivity contribution is 0.350. The minimum Gasteiger partial charge on any atom is -0.422 e. The Labute approximate surface area is 169 Å². The molecule has 1 fully saturated rings. The smallest absolute Gasteiger partial charge is 0.301 e. The van der Waals surface area contributed by atoms with Gasteiger partial charge in [-0.15, -0.1) is 0 Å². The summed E-state index contributed by atoms with van der Waals surface area (Å²) in [5.74, 6) is 0.180. The molecule has 1 aromatic heterocycles. The second kappa shape index (κ2) is 7.09. The molecule has 10 heteroatoms. The number of aromatic nitrogens is 2. The lowest BCUT2D eigenvalue weighted by Crippen LogP contribution is -2.47. The number of nitrogens with zero attached hydrogens (tertiary/aromatic N) is 4. The maximum Gasteiger partial charge on any atom is 0.301 e. The van der Waals surface area contributed by atoms with Crippen molar-refractivity contribution in [2.45, 2.75) is 32.7 Å². The van der Waals surface area contributed by atoms with Crippen molar-refractivity contribution >= 4 is 15.9 Å². The van der Waals surface area contributed by atoms with Crippen molar-refractivity contribution in [2.24, 2.45) is 5.73 Å². The van der Waals surface area contributed by atoms with Gasteiger partial charge >= 0.3 is 10.2 Å². The normalized spacial score (nSPS) is 20.7. The van der Waals surface area contributed by atoms with Gasteiger partial charge in [-0.05, 0) is 38.0 Å². The monoisotopic (exact) mass is 414 g/mol. The Bertz CT molecular complexity index is 1130. The Balaban J connectivity index is 1.78. The molecule has 2 aliphatic heterocycles. The number of hydrogen-bond donors (Lipinski definition) is 2. The van der Waals surface area contributed by atoms with Crippen LogP contribution in [-0.2, 0) is 16.8 Å². The second-order valence-corrected chi connectivity index (χ2v) is 8.64. The van der Waals surface area contributed by atoms with E-state index in [1.807, 2.05) is 26.0 Å². The van der Waals surface area contributed by atoms with E-state index >= 15 is 0 Å². The summed E-state index contributed by atoms with van der Waals surface area (Å²) < 4.78 is 35.9. The number of hydrogen-bond acceptors (Lipinski definition) is 6. The van der Waals surface area contributed by atoms with Gasteiger partial charge in [-0.2, -0.15) is 23.5 Å². The van der Waals surface area contributed by atoms with Gasteiger partial charge in [0.2, 0.25) is 11.8 Å². The highest BCUT2D eigenvalue weighted by Gasteiger charge is 2.35. The first-order valence-electron chi connectivity index (χ1n) is 9.39. The van der Waals surface area contributed by atoms with Crippen LogP contribution in [0.1, 0.15) is 36.1 Å². The molecule has 0 radical (unpaired) electrons. The summed E-state index contributed by atoms with van der Waals surface area (Å²) in [7, 11) is -3.53. The fourth-order valence-corrected chi connectivity index (χ4v) is 5.18. The van der Waals surface area contributed by atoms with Crippen molar-refractivity contribution in [3.05, 3.63) is 52.5 Å². The average Bonchev–Trinajstić information content (AvgIpc) is 3.02. The van der Waals surface area contributed by atoms with E-state index in [1.165, 1.54) is 4.31 Å². The van der Waals surface area contributed by atoms with Crippen molar-refractivity contribution in [1.29, 1.82) is 5.26 Å². The Morgan fingerprint density at radius 3 is 2.72 bits per heavy atom. The largest absolute Gasteiger partial charge is 0.422 e. The molecule has 0 amide bonds. The van der Waals surface area contributed by atoms with Gasteiger partial charge in [-0.3, -0.25) is 4.31 Å². The summed E-state index contributed by atoms with van der Waals surface area (Å²) >= 11 is 0. The van der Waals surface area contributed by atoms with E-state index in [1.54, 1.807) is 16.8 Å². The maximum absolute atomic E-state index is 12.3. The molecule has 1 aromatic carbocycles. The lowest BCUT2D eigenvalue weighted by atomic mass is 9.84. The van der Waals surface area contributed by atoms with E-state index in [2.05, 4.69) is 15.9 Å².